The molecule has 0 aliphatic rings. The lowest BCUT2D eigenvalue weighted by Gasteiger charge is -2.08. The molecule has 0 atom stereocenters. The Hall–Kier alpha value is -3.02. The molecule has 0 spiro atoms. The van der Waals surface area contributed by atoms with Crippen molar-refractivity contribution in [1.29, 1.82) is 0 Å². The number of hydrogen-bond acceptors (Lipinski definition) is 3. The van der Waals surface area contributed by atoms with Crippen LogP contribution in [-0.4, -0.2) is 20.4 Å². The molecule has 5 nitrogen and oxygen atoms in total. The predicted octanol–water partition coefficient (Wildman–Crippen LogP) is 2.66. The number of imidazole rings is 1. The Morgan fingerprint density at radius 2 is 2.10 bits per heavy atom. The van der Waals surface area contributed by atoms with Gasteiger partial charge >= 0.3 is 0 Å². The summed E-state index contributed by atoms with van der Waals surface area (Å²) < 4.78 is 15.3. The molecule has 0 saturated heterocycles. The summed E-state index contributed by atoms with van der Waals surface area (Å²) in [6, 6.07) is 8.53. The average molecular weight is 282 g/mol. The average Bonchev–Trinajstić information content (AvgIpc) is 3.02. The van der Waals surface area contributed by atoms with E-state index in [1.54, 1.807) is 36.9 Å². The van der Waals surface area contributed by atoms with Crippen LogP contribution in [0.3, 0.4) is 0 Å². The maximum absolute atomic E-state index is 13.5. The fraction of sp³-hybridized carbons (Fsp3) is 0. The van der Waals surface area contributed by atoms with E-state index in [9.17, 15) is 9.18 Å². The van der Waals surface area contributed by atoms with E-state index in [1.165, 1.54) is 12.3 Å². The van der Waals surface area contributed by atoms with Gasteiger partial charge in [0.15, 0.2) is 5.82 Å². The first kappa shape index (κ1) is 13.0. The fourth-order valence-electron chi connectivity index (χ4n) is 1.91. The quantitative estimate of drug-likeness (QED) is 0.803. The molecule has 0 bridgehead atoms. The second-order valence-corrected chi connectivity index (χ2v) is 4.33. The zero-order valence-corrected chi connectivity index (χ0v) is 10.9. The number of rotatable bonds is 3. The zero-order valence-electron chi connectivity index (χ0n) is 10.9. The van der Waals surface area contributed by atoms with Gasteiger partial charge in [0.25, 0.3) is 5.91 Å². The maximum atomic E-state index is 13.5. The number of amides is 1. The van der Waals surface area contributed by atoms with Gasteiger partial charge < -0.3 is 9.88 Å². The Morgan fingerprint density at radius 3 is 2.86 bits per heavy atom. The van der Waals surface area contributed by atoms with Crippen LogP contribution in [0.15, 0.2) is 61.4 Å². The first-order valence-corrected chi connectivity index (χ1v) is 6.23. The van der Waals surface area contributed by atoms with E-state index in [4.69, 9.17) is 0 Å². The Bertz CT molecular complexity index is 771. The van der Waals surface area contributed by atoms with Gasteiger partial charge in [0.1, 0.15) is 0 Å². The number of nitrogens with one attached hydrogen (secondary N) is 1. The Kier molecular flexibility index (Phi) is 3.42. The topological polar surface area (TPSA) is 59.8 Å². The standard InChI is InChI=1S/C15H11FN4O/c16-14-9-17-5-4-13(14)15(21)19-11-2-1-3-12(8-11)20-7-6-18-10-20/h1-10H,(H,19,21). The van der Waals surface area contributed by atoms with Crippen molar-refractivity contribution in [2.45, 2.75) is 0 Å². The summed E-state index contributed by atoms with van der Waals surface area (Å²) >= 11 is 0. The van der Waals surface area contributed by atoms with Crippen LogP contribution in [0.25, 0.3) is 5.69 Å². The number of anilines is 1. The van der Waals surface area contributed by atoms with Gasteiger partial charge in [-0.2, -0.15) is 0 Å². The molecule has 2 aromatic heterocycles. The molecule has 1 N–H and O–H groups in total. The number of halogens is 1. The maximum Gasteiger partial charge on any atom is 0.258 e. The summed E-state index contributed by atoms with van der Waals surface area (Å²) in [6.07, 6.45) is 7.50. The highest BCUT2D eigenvalue weighted by Gasteiger charge is 2.11. The second kappa shape index (κ2) is 5.54. The largest absolute Gasteiger partial charge is 0.322 e. The molecule has 6 heteroatoms. The van der Waals surface area contributed by atoms with Crippen molar-refractivity contribution < 1.29 is 9.18 Å². The van der Waals surface area contributed by atoms with Crippen LogP contribution in [-0.2, 0) is 0 Å². The summed E-state index contributed by atoms with van der Waals surface area (Å²) in [5, 5.41) is 2.66. The van der Waals surface area contributed by atoms with E-state index in [0.29, 0.717) is 5.69 Å². The van der Waals surface area contributed by atoms with Crippen molar-refractivity contribution >= 4 is 11.6 Å². The molecule has 0 fully saturated rings. The Labute approximate surface area is 120 Å². The summed E-state index contributed by atoms with van der Waals surface area (Å²) in [7, 11) is 0. The number of aromatic nitrogens is 3. The van der Waals surface area contributed by atoms with Crippen molar-refractivity contribution in [3.05, 3.63) is 72.8 Å². The number of benzene rings is 1. The number of hydrogen-bond donors (Lipinski definition) is 1. The van der Waals surface area contributed by atoms with Crippen molar-refractivity contribution in [3.63, 3.8) is 0 Å². The third-order valence-corrected chi connectivity index (χ3v) is 2.92. The lowest BCUT2D eigenvalue weighted by Crippen LogP contribution is -2.14. The first-order valence-electron chi connectivity index (χ1n) is 6.23. The van der Waals surface area contributed by atoms with Crippen LogP contribution in [0.5, 0.6) is 0 Å². The van der Waals surface area contributed by atoms with Gasteiger partial charge in [0.2, 0.25) is 0 Å². The number of nitrogens with zero attached hydrogens (tertiary/aromatic N) is 3. The van der Waals surface area contributed by atoms with Crippen molar-refractivity contribution in [1.82, 2.24) is 14.5 Å². The lowest BCUT2D eigenvalue weighted by molar-refractivity contribution is 0.102. The van der Waals surface area contributed by atoms with Crippen molar-refractivity contribution in [2.75, 3.05) is 5.32 Å². The Morgan fingerprint density at radius 1 is 1.19 bits per heavy atom. The number of pyridine rings is 1. The molecule has 21 heavy (non-hydrogen) atoms. The molecule has 2 heterocycles. The lowest BCUT2D eigenvalue weighted by atomic mass is 10.2. The third kappa shape index (κ3) is 2.79. The van der Waals surface area contributed by atoms with Crippen LogP contribution in [0.4, 0.5) is 10.1 Å². The molecule has 3 rings (SSSR count). The SMILES string of the molecule is O=C(Nc1cccc(-n2ccnc2)c1)c1ccncc1F. The van der Waals surface area contributed by atoms with Crippen LogP contribution < -0.4 is 5.32 Å². The van der Waals surface area contributed by atoms with E-state index in [2.05, 4.69) is 15.3 Å². The Balaban J connectivity index is 1.84. The van der Waals surface area contributed by atoms with Gasteiger partial charge in [-0.15, -0.1) is 0 Å². The fourth-order valence-corrected chi connectivity index (χ4v) is 1.91. The first-order chi connectivity index (χ1) is 10.2. The molecule has 0 saturated carbocycles. The summed E-state index contributed by atoms with van der Waals surface area (Å²) in [5.41, 5.74) is 1.38. The van der Waals surface area contributed by atoms with Crippen molar-refractivity contribution in [3.8, 4) is 5.69 Å². The minimum atomic E-state index is -0.652. The van der Waals surface area contributed by atoms with Gasteiger partial charge in [-0.1, -0.05) is 6.07 Å². The van der Waals surface area contributed by atoms with Gasteiger partial charge in [-0.05, 0) is 24.3 Å². The van der Waals surface area contributed by atoms with Gasteiger partial charge in [-0.3, -0.25) is 9.78 Å². The van der Waals surface area contributed by atoms with E-state index >= 15 is 0 Å². The van der Waals surface area contributed by atoms with Gasteiger partial charge in [0, 0.05) is 30.0 Å². The second-order valence-electron chi connectivity index (χ2n) is 4.33. The zero-order chi connectivity index (χ0) is 14.7. The molecular weight excluding hydrogens is 271 g/mol. The highest BCUT2D eigenvalue weighted by molar-refractivity contribution is 6.04. The molecule has 104 valence electrons. The molecule has 1 aromatic carbocycles. The number of carbonyl (C=O) groups is 1. The number of carbonyl (C=O) groups excluding carboxylic acids is 1. The smallest absolute Gasteiger partial charge is 0.258 e. The summed E-state index contributed by atoms with van der Waals surface area (Å²) in [6.45, 7) is 0. The molecule has 0 unspecified atom stereocenters. The van der Waals surface area contributed by atoms with Gasteiger partial charge in [0.05, 0.1) is 18.1 Å². The summed E-state index contributed by atoms with van der Waals surface area (Å²) in [4.78, 5) is 19.6. The molecule has 1 amide bonds. The normalized spacial score (nSPS) is 10.3. The molecule has 0 aliphatic carbocycles. The van der Waals surface area contributed by atoms with E-state index < -0.39 is 11.7 Å². The highest BCUT2D eigenvalue weighted by Crippen LogP contribution is 2.16. The van der Waals surface area contributed by atoms with Crippen LogP contribution in [0.2, 0.25) is 0 Å². The van der Waals surface area contributed by atoms with Crippen molar-refractivity contribution in [2.24, 2.45) is 0 Å². The van der Waals surface area contributed by atoms with E-state index in [0.717, 1.165) is 11.9 Å². The van der Waals surface area contributed by atoms with E-state index in [-0.39, 0.29) is 5.56 Å². The van der Waals surface area contributed by atoms with Crippen LogP contribution >= 0.6 is 0 Å². The van der Waals surface area contributed by atoms with E-state index in [1.807, 2.05) is 10.6 Å². The molecule has 0 radical (unpaired) electrons. The predicted molar refractivity (Wildman–Crippen MR) is 75.7 cm³/mol. The minimum Gasteiger partial charge on any atom is -0.322 e. The third-order valence-electron chi connectivity index (χ3n) is 2.92. The van der Waals surface area contributed by atoms with Gasteiger partial charge in [-0.25, -0.2) is 9.37 Å². The minimum absolute atomic E-state index is 0.0435. The molecule has 3 aromatic rings. The molecular formula is C15H11FN4O. The molecule has 0 aliphatic heterocycles. The highest BCUT2D eigenvalue weighted by atomic mass is 19.1. The summed E-state index contributed by atoms with van der Waals surface area (Å²) in [5.74, 6) is -1.17. The van der Waals surface area contributed by atoms with Crippen LogP contribution in [0.1, 0.15) is 10.4 Å². The monoisotopic (exact) mass is 282 g/mol. The van der Waals surface area contributed by atoms with Crippen LogP contribution in [0, 0.1) is 5.82 Å².